The molecule has 1 fully saturated rings. The zero-order valence-corrected chi connectivity index (χ0v) is 11.1. The van der Waals surface area contributed by atoms with Crippen LogP contribution in [0.3, 0.4) is 0 Å². The van der Waals surface area contributed by atoms with Gasteiger partial charge in [-0.3, -0.25) is 0 Å². The van der Waals surface area contributed by atoms with Crippen molar-refractivity contribution in [1.29, 1.82) is 0 Å². The van der Waals surface area contributed by atoms with Crippen LogP contribution in [0, 0.1) is 0 Å². The molecule has 1 aromatic heterocycles. The molecular formula is C13H20ClN3. The van der Waals surface area contributed by atoms with E-state index in [1.807, 2.05) is 6.07 Å². The molecule has 17 heavy (non-hydrogen) atoms. The second-order valence-corrected chi connectivity index (χ2v) is 5.08. The molecule has 0 bridgehead atoms. The molecular weight excluding hydrogens is 234 g/mol. The van der Waals surface area contributed by atoms with Crippen molar-refractivity contribution >= 4 is 17.4 Å². The van der Waals surface area contributed by atoms with Gasteiger partial charge in [0.15, 0.2) is 0 Å². The topological polar surface area (TPSA) is 42.2 Å². The Balaban J connectivity index is 2.31. The van der Waals surface area contributed by atoms with Crippen LogP contribution in [0.25, 0.3) is 0 Å². The third-order valence-corrected chi connectivity index (χ3v) is 3.91. The molecule has 1 aromatic rings. The fourth-order valence-corrected chi connectivity index (χ4v) is 2.72. The smallest absolute Gasteiger partial charge is 0.147 e. The standard InChI is InChI=1S/C13H20ClN3/c1-10-5-3-2-4-8-17(10)13-12(14)11(9-15)6-7-16-13/h6-7,10H,2-5,8-9,15H2,1H3. The first-order valence-electron chi connectivity index (χ1n) is 6.34. The summed E-state index contributed by atoms with van der Waals surface area (Å²) in [6.45, 7) is 3.76. The number of anilines is 1. The van der Waals surface area contributed by atoms with E-state index in [1.165, 1.54) is 25.7 Å². The lowest BCUT2D eigenvalue weighted by Gasteiger charge is -2.29. The van der Waals surface area contributed by atoms with E-state index in [1.54, 1.807) is 6.20 Å². The minimum Gasteiger partial charge on any atom is -0.353 e. The lowest BCUT2D eigenvalue weighted by Crippen LogP contribution is -2.33. The highest BCUT2D eigenvalue weighted by molar-refractivity contribution is 6.33. The van der Waals surface area contributed by atoms with Crippen LogP contribution in [0.2, 0.25) is 5.02 Å². The fraction of sp³-hybridized carbons (Fsp3) is 0.615. The van der Waals surface area contributed by atoms with Crippen molar-refractivity contribution in [2.75, 3.05) is 11.4 Å². The molecule has 1 aliphatic heterocycles. The highest BCUT2D eigenvalue weighted by Gasteiger charge is 2.21. The Morgan fingerprint density at radius 2 is 2.29 bits per heavy atom. The van der Waals surface area contributed by atoms with Gasteiger partial charge in [0.25, 0.3) is 0 Å². The average Bonchev–Trinajstić information content (AvgIpc) is 2.55. The van der Waals surface area contributed by atoms with E-state index in [-0.39, 0.29) is 0 Å². The zero-order valence-electron chi connectivity index (χ0n) is 10.3. The molecule has 1 unspecified atom stereocenters. The summed E-state index contributed by atoms with van der Waals surface area (Å²) in [4.78, 5) is 6.77. The van der Waals surface area contributed by atoms with E-state index in [9.17, 15) is 0 Å². The molecule has 0 amide bonds. The third kappa shape index (κ3) is 2.72. The Labute approximate surface area is 108 Å². The van der Waals surface area contributed by atoms with E-state index in [4.69, 9.17) is 17.3 Å². The maximum atomic E-state index is 6.38. The predicted molar refractivity (Wildman–Crippen MR) is 72.4 cm³/mol. The van der Waals surface area contributed by atoms with Crippen molar-refractivity contribution in [1.82, 2.24) is 4.98 Å². The van der Waals surface area contributed by atoms with Gasteiger partial charge in [0.2, 0.25) is 0 Å². The van der Waals surface area contributed by atoms with Gasteiger partial charge >= 0.3 is 0 Å². The van der Waals surface area contributed by atoms with E-state index in [0.717, 1.165) is 22.9 Å². The fourth-order valence-electron chi connectivity index (χ4n) is 2.42. The van der Waals surface area contributed by atoms with Crippen molar-refractivity contribution in [2.24, 2.45) is 5.73 Å². The molecule has 2 N–H and O–H groups in total. The lowest BCUT2D eigenvalue weighted by atomic mass is 10.1. The van der Waals surface area contributed by atoms with Gasteiger partial charge < -0.3 is 10.6 Å². The summed E-state index contributed by atoms with van der Waals surface area (Å²) in [5, 5.41) is 0.726. The molecule has 1 atom stereocenters. The van der Waals surface area contributed by atoms with Crippen LogP contribution in [0.4, 0.5) is 5.82 Å². The number of aromatic nitrogens is 1. The largest absolute Gasteiger partial charge is 0.353 e. The molecule has 2 rings (SSSR count). The molecule has 2 heterocycles. The second kappa shape index (κ2) is 5.69. The highest BCUT2D eigenvalue weighted by Crippen LogP contribution is 2.30. The minimum absolute atomic E-state index is 0.469. The van der Waals surface area contributed by atoms with Crippen molar-refractivity contribution in [3.63, 3.8) is 0 Å². The summed E-state index contributed by atoms with van der Waals surface area (Å²) in [6.07, 6.45) is 6.84. The molecule has 0 radical (unpaired) electrons. The Bertz CT molecular complexity index is 381. The number of nitrogens with two attached hydrogens (primary N) is 1. The van der Waals surface area contributed by atoms with Crippen LogP contribution in [-0.2, 0) is 6.54 Å². The van der Waals surface area contributed by atoms with Crippen LogP contribution >= 0.6 is 11.6 Å². The highest BCUT2D eigenvalue weighted by atomic mass is 35.5. The normalized spacial score (nSPS) is 21.4. The molecule has 0 saturated carbocycles. The number of nitrogens with zero attached hydrogens (tertiary/aromatic N) is 2. The molecule has 94 valence electrons. The summed E-state index contributed by atoms with van der Waals surface area (Å²) in [6, 6.07) is 2.41. The molecule has 0 aliphatic carbocycles. The summed E-state index contributed by atoms with van der Waals surface area (Å²) >= 11 is 6.38. The van der Waals surface area contributed by atoms with Gasteiger partial charge in [-0.1, -0.05) is 24.4 Å². The second-order valence-electron chi connectivity index (χ2n) is 4.70. The predicted octanol–water partition coefficient (Wildman–Crippen LogP) is 2.96. The van der Waals surface area contributed by atoms with E-state index in [2.05, 4.69) is 16.8 Å². The maximum Gasteiger partial charge on any atom is 0.147 e. The van der Waals surface area contributed by atoms with Crippen molar-refractivity contribution in [2.45, 2.75) is 45.2 Å². The Morgan fingerprint density at radius 3 is 3.06 bits per heavy atom. The Hall–Kier alpha value is -0.800. The first-order valence-corrected chi connectivity index (χ1v) is 6.72. The van der Waals surface area contributed by atoms with E-state index in [0.29, 0.717) is 12.6 Å². The van der Waals surface area contributed by atoms with Gasteiger partial charge in [0.05, 0.1) is 5.02 Å². The first-order chi connectivity index (χ1) is 8.24. The van der Waals surface area contributed by atoms with Crippen molar-refractivity contribution in [3.05, 3.63) is 22.8 Å². The van der Waals surface area contributed by atoms with E-state index < -0.39 is 0 Å². The Kier molecular flexibility index (Phi) is 4.24. The number of hydrogen-bond acceptors (Lipinski definition) is 3. The summed E-state index contributed by atoms with van der Waals surface area (Å²) in [5.41, 5.74) is 6.66. The molecule has 0 spiro atoms. The SMILES string of the molecule is CC1CCCCCN1c1nccc(CN)c1Cl. The van der Waals surface area contributed by atoms with Gasteiger partial charge in [-0.25, -0.2) is 4.98 Å². The molecule has 1 aliphatic rings. The number of rotatable bonds is 2. The first kappa shape index (κ1) is 12.7. The average molecular weight is 254 g/mol. The maximum absolute atomic E-state index is 6.38. The van der Waals surface area contributed by atoms with Crippen LogP contribution in [-0.4, -0.2) is 17.6 Å². The van der Waals surface area contributed by atoms with Gasteiger partial charge in [-0.05, 0) is 31.4 Å². The van der Waals surface area contributed by atoms with Crippen LogP contribution < -0.4 is 10.6 Å². The van der Waals surface area contributed by atoms with Gasteiger partial charge in [-0.2, -0.15) is 0 Å². The van der Waals surface area contributed by atoms with Gasteiger partial charge in [0.1, 0.15) is 5.82 Å². The number of pyridine rings is 1. The van der Waals surface area contributed by atoms with Crippen LogP contribution in [0.5, 0.6) is 0 Å². The van der Waals surface area contributed by atoms with E-state index >= 15 is 0 Å². The van der Waals surface area contributed by atoms with Crippen LogP contribution in [0.1, 0.15) is 38.2 Å². The molecule has 1 saturated heterocycles. The molecule has 4 heteroatoms. The molecule has 3 nitrogen and oxygen atoms in total. The van der Waals surface area contributed by atoms with Crippen molar-refractivity contribution in [3.8, 4) is 0 Å². The summed E-state index contributed by atoms with van der Waals surface area (Å²) < 4.78 is 0. The summed E-state index contributed by atoms with van der Waals surface area (Å²) in [5.74, 6) is 0.906. The Morgan fingerprint density at radius 1 is 1.47 bits per heavy atom. The van der Waals surface area contributed by atoms with Crippen LogP contribution in [0.15, 0.2) is 12.3 Å². The number of hydrogen-bond donors (Lipinski definition) is 1. The monoisotopic (exact) mass is 253 g/mol. The lowest BCUT2D eigenvalue weighted by molar-refractivity contribution is 0.611. The summed E-state index contributed by atoms with van der Waals surface area (Å²) in [7, 11) is 0. The molecule has 0 aromatic carbocycles. The van der Waals surface area contributed by atoms with Gasteiger partial charge in [0, 0.05) is 25.3 Å². The quantitative estimate of drug-likeness (QED) is 0.881. The number of halogens is 1. The zero-order chi connectivity index (χ0) is 12.3. The minimum atomic E-state index is 0.469. The third-order valence-electron chi connectivity index (χ3n) is 3.50. The van der Waals surface area contributed by atoms with Crippen molar-refractivity contribution < 1.29 is 0 Å². The van der Waals surface area contributed by atoms with Gasteiger partial charge in [-0.15, -0.1) is 0 Å².